The Morgan fingerprint density at radius 2 is 1.85 bits per heavy atom. The third-order valence-corrected chi connectivity index (χ3v) is 5.72. The molecule has 1 saturated heterocycles. The molecule has 2 rings (SSSR count). The molecule has 1 atom stereocenters. The van der Waals surface area contributed by atoms with Crippen LogP contribution in [0.25, 0.3) is 0 Å². The maximum atomic E-state index is 12.6. The predicted molar refractivity (Wildman–Crippen MR) is 79.2 cm³/mol. The molecule has 0 aromatic heterocycles. The lowest BCUT2D eigenvalue weighted by atomic mass is 9.98. The van der Waals surface area contributed by atoms with Crippen molar-refractivity contribution < 1.29 is 13.5 Å². The second kappa shape index (κ2) is 5.71. The maximum Gasteiger partial charge on any atom is 0.243 e. The van der Waals surface area contributed by atoms with E-state index in [1.165, 1.54) is 4.31 Å². The van der Waals surface area contributed by atoms with E-state index in [0.717, 1.165) is 5.69 Å². The minimum absolute atomic E-state index is 0.304. The van der Waals surface area contributed by atoms with Crippen LogP contribution in [0.5, 0.6) is 0 Å². The molecule has 0 radical (unpaired) electrons. The van der Waals surface area contributed by atoms with Crippen molar-refractivity contribution in [3.05, 3.63) is 24.3 Å². The van der Waals surface area contributed by atoms with Crippen molar-refractivity contribution in [1.29, 1.82) is 0 Å². The van der Waals surface area contributed by atoms with Gasteiger partial charge < -0.3 is 10.4 Å². The van der Waals surface area contributed by atoms with Crippen molar-refractivity contribution in [2.75, 3.05) is 25.5 Å². The van der Waals surface area contributed by atoms with Crippen LogP contribution < -0.4 is 5.32 Å². The molecule has 2 N–H and O–H groups in total. The van der Waals surface area contributed by atoms with Crippen molar-refractivity contribution in [3.8, 4) is 0 Å². The Morgan fingerprint density at radius 1 is 1.20 bits per heavy atom. The van der Waals surface area contributed by atoms with Gasteiger partial charge in [-0.1, -0.05) is 0 Å². The zero-order chi connectivity index (χ0) is 14.8. The standard InChI is InChI=1S/C14H22N2O3S/c1-14(17)8-3-10-16(11-9-14)20(18,19)13-6-4-12(15-2)5-7-13/h4-7,15,17H,3,8-11H2,1-2H3. The van der Waals surface area contributed by atoms with E-state index >= 15 is 0 Å². The third kappa shape index (κ3) is 3.31. The van der Waals surface area contributed by atoms with Crippen molar-refractivity contribution in [2.45, 2.75) is 36.7 Å². The van der Waals surface area contributed by atoms with Gasteiger partial charge in [-0.15, -0.1) is 0 Å². The van der Waals surface area contributed by atoms with Crippen LogP contribution in [0.15, 0.2) is 29.2 Å². The van der Waals surface area contributed by atoms with Gasteiger partial charge in [0.05, 0.1) is 10.5 Å². The lowest BCUT2D eigenvalue weighted by molar-refractivity contribution is 0.0465. The van der Waals surface area contributed by atoms with Gasteiger partial charge in [-0.25, -0.2) is 8.42 Å². The molecule has 0 bridgehead atoms. The number of nitrogens with one attached hydrogen (secondary N) is 1. The highest BCUT2D eigenvalue weighted by Gasteiger charge is 2.31. The molecule has 1 fully saturated rings. The maximum absolute atomic E-state index is 12.6. The molecule has 0 spiro atoms. The Labute approximate surface area is 120 Å². The Kier molecular flexibility index (Phi) is 4.36. The van der Waals surface area contributed by atoms with E-state index in [9.17, 15) is 13.5 Å². The van der Waals surface area contributed by atoms with E-state index in [-0.39, 0.29) is 0 Å². The molecule has 1 aliphatic heterocycles. The molecule has 0 amide bonds. The number of sulfonamides is 1. The van der Waals surface area contributed by atoms with Gasteiger partial charge in [0, 0.05) is 25.8 Å². The van der Waals surface area contributed by atoms with Crippen LogP contribution in [0.2, 0.25) is 0 Å². The molecule has 1 aromatic rings. The number of hydrogen-bond acceptors (Lipinski definition) is 4. The Hall–Kier alpha value is -1.11. The van der Waals surface area contributed by atoms with E-state index in [0.29, 0.717) is 37.2 Å². The molecule has 1 unspecified atom stereocenters. The number of anilines is 1. The van der Waals surface area contributed by atoms with Crippen LogP contribution >= 0.6 is 0 Å². The average Bonchev–Trinajstić information content (AvgIpc) is 2.60. The molecule has 1 heterocycles. The lowest BCUT2D eigenvalue weighted by Crippen LogP contribution is -2.33. The molecular weight excluding hydrogens is 276 g/mol. The average molecular weight is 298 g/mol. The summed E-state index contributed by atoms with van der Waals surface area (Å²) in [5.74, 6) is 0. The highest BCUT2D eigenvalue weighted by molar-refractivity contribution is 7.89. The first-order chi connectivity index (χ1) is 9.35. The number of nitrogens with zero attached hydrogens (tertiary/aromatic N) is 1. The molecule has 20 heavy (non-hydrogen) atoms. The fourth-order valence-corrected chi connectivity index (χ4v) is 3.90. The molecule has 112 valence electrons. The molecular formula is C14H22N2O3S. The van der Waals surface area contributed by atoms with Crippen LogP contribution in [-0.4, -0.2) is 43.6 Å². The van der Waals surface area contributed by atoms with E-state index in [2.05, 4.69) is 5.32 Å². The summed E-state index contributed by atoms with van der Waals surface area (Å²) < 4.78 is 26.6. The highest BCUT2D eigenvalue weighted by Crippen LogP contribution is 2.26. The normalized spacial score (nSPS) is 25.1. The molecule has 1 aliphatic rings. The summed E-state index contributed by atoms with van der Waals surface area (Å²) in [6.07, 6.45) is 1.79. The second-order valence-corrected chi connectivity index (χ2v) is 7.47. The number of benzene rings is 1. The van der Waals surface area contributed by atoms with Crippen molar-refractivity contribution in [1.82, 2.24) is 4.31 Å². The first-order valence-corrected chi connectivity index (χ1v) is 8.29. The van der Waals surface area contributed by atoms with Gasteiger partial charge >= 0.3 is 0 Å². The summed E-state index contributed by atoms with van der Waals surface area (Å²) >= 11 is 0. The first-order valence-electron chi connectivity index (χ1n) is 6.85. The number of hydrogen-bond donors (Lipinski definition) is 2. The molecule has 0 saturated carbocycles. The van der Waals surface area contributed by atoms with E-state index < -0.39 is 15.6 Å². The Bertz CT molecular complexity index is 552. The quantitative estimate of drug-likeness (QED) is 0.890. The van der Waals surface area contributed by atoms with Crippen LogP contribution in [0, 0.1) is 0 Å². The van der Waals surface area contributed by atoms with Gasteiger partial charge in [-0.2, -0.15) is 4.31 Å². The largest absolute Gasteiger partial charge is 0.390 e. The summed E-state index contributed by atoms with van der Waals surface area (Å²) in [6.45, 7) is 2.60. The fourth-order valence-electron chi connectivity index (χ4n) is 2.42. The van der Waals surface area contributed by atoms with Crippen LogP contribution in [0.4, 0.5) is 5.69 Å². The van der Waals surface area contributed by atoms with Crippen LogP contribution in [0.1, 0.15) is 26.2 Å². The lowest BCUT2D eigenvalue weighted by Gasteiger charge is -2.22. The SMILES string of the molecule is CNc1ccc(S(=O)(=O)N2CCCC(C)(O)CC2)cc1. The van der Waals surface area contributed by atoms with Gasteiger partial charge in [-0.3, -0.25) is 0 Å². The van der Waals surface area contributed by atoms with Gasteiger partial charge in [0.2, 0.25) is 10.0 Å². The molecule has 6 heteroatoms. The van der Waals surface area contributed by atoms with E-state index in [1.807, 2.05) is 0 Å². The monoisotopic (exact) mass is 298 g/mol. The van der Waals surface area contributed by atoms with Gasteiger partial charge in [-0.05, 0) is 50.5 Å². The van der Waals surface area contributed by atoms with E-state index in [1.54, 1.807) is 38.2 Å². The minimum atomic E-state index is -3.47. The van der Waals surface area contributed by atoms with Gasteiger partial charge in [0.1, 0.15) is 0 Å². The van der Waals surface area contributed by atoms with Crippen molar-refractivity contribution in [3.63, 3.8) is 0 Å². The summed E-state index contributed by atoms with van der Waals surface area (Å²) in [5, 5.41) is 13.0. The third-order valence-electron chi connectivity index (χ3n) is 3.80. The number of rotatable bonds is 3. The first kappa shape index (κ1) is 15.3. The fraction of sp³-hybridized carbons (Fsp3) is 0.571. The Morgan fingerprint density at radius 3 is 2.45 bits per heavy atom. The number of aliphatic hydroxyl groups is 1. The van der Waals surface area contributed by atoms with Crippen molar-refractivity contribution in [2.24, 2.45) is 0 Å². The predicted octanol–water partition coefficient (Wildman–Crippen LogP) is 1.65. The molecule has 1 aromatic carbocycles. The smallest absolute Gasteiger partial charge is 0.243 e. The minimum Gasteiger partial charge on any atom is -0.390 e. The summed E-state index contributed by atoms with van der Waals surface area (Å²) in [5.41, 5.74) is 0.114. The summed E-state index contributed by atoms with van der Waals surface area (Å²) in [7, 11) is -1.67. The zero-order valence-corrected chi connectivity index (χ0v) is 12.8. The van der Waals surface area contributed by atoms with Crippen LogP contribution in [0.3, 0.4) is 0 Å². The zero-order valence-electron chi connectivity index (χ0n) is 12.0. The Balaban J connectivity index is 2.20. The summed E-state index contributed by atoms with van der Waals surface area (Å²) in [4.78, 5) is 0.304. The van der Waals surface area contributed by atoms with Crippen molar-refractivity contribution >= 4 is 15.7 Å². The van der Waals surface area contributed by atoms with Gasteiger partial charge in [0.15, 0.2) is 0 Å². The topological polar surface area (TPSA) is 69.6 Å². The molecule has 0 aliphatic carbocycles. The van der Waals surface area contributed by atoms with Crippen LogP contribution in [-0.2, 0) is 10.0 Å². The van der Waals surface area contributed by atoms with Gasteiger partial charge in [0.25, 0.3) is 0 Å². The van der Waals surface area contributed by atoms with E-state index in [4.69, 9.17) is 0 Å². The summed E-state index contributed by atoms with van der Waals surface area (Å²) in [6, 6.07) is 6.73. The molecule has 5 nitrogen and oxygen atoms in total. The highest BCUT2D eigenvalue weighted by atomic mass is 32.2. The second-order valence-electron chi connectivity index (χ2n) is 5.53.